The van der Waals surface area contributed by atoms with Crippen LogP contribution in [0.15, 0.2) is 106 Å². The highest BCUT2D eigenvalue weighted by molar-refractivity contribution is 6.01. The second-order valence-electron chi connectivity index (χ2n) is 19.1. The van der Waals surface area contributed by atoms with Crippen LogP contribution in [0.25, 0.3) is 16.8 Å². The molecule has 11 nitrogen and oxygen atoms in total. The maximum atomic E-state index is 13.9. The number of ether oxygens (including phenoxy) is 3. The summed E-state index contributed by atoms with van der Waals surface area (Å²) >= 11 is 0. The molecule has 0 spiro atoms. The van der Waals surface area contributed by atoms with Crippen LogP contribution in [-0.2, 0) is 19.0 Å². The number of likely N-dealkylation sites (tertiary alicyclic amines) is 1. The van der Waals surface area contributed by atoms with Crippen LogP contribution < -0.4 is 10.6 Å². The first-order valence-corrected chi connectivity index (χ1v) is 24.3. The Hall–Kier alpha value is -5.58. The van der Waals surface area contributed by atoms with Crippen molar-refractivity contribution in [2.75, 3.05) is 27.3 Å². The molecule has 2 fully saturated rings. The molecule has 2 saturated heterocycles. The molecule has 4 heterocycles. The van der Waals surface area contributed by atoms with Crippen molar-refractivity contribution in [1.82, 2.24) is 25.5 Å². The number of carbonyl (C=O) groups excluding carboxylic acids is 2. The fraction of sp³-hybridized carbons (Fsp3) is 0.519. The minimum atomic E-state index is -0.696. The molecule has 2 amide bonds. The van der Waals surface area contributed by atoms with Crippen molar-refractivity contribution < 1.29 is 23.8 Å². The number of H-pyrrole nitrogens is 1. The third-order valence-electron chi connectivity index (χ3n) is 14.9. The van der Waals surface area contributed by atoms with Gasteiger partial charge in [-0.1, -0.05) is 72.4 Å². The molecule has 3 N–H and O–H groups in total. The van der Waals surface area contributed by atoms with Crippen molar-refractivity contribution in [2.24, 2.45) is 28.7 Å². The molecule has 7 unspecified atom stereocenters. The summed E-state index contributed by atoms with van der Waals surface area (Å²) in [5, 5.41) is 6.42. The van der Waals surface area contributed by atoms with Crippen molar-refractivity contribution in [2.45, 2.75) is 130 Å². The minimum Gasteiger partial charge on any atom is -0.497 e. The minimum absolute atomic E-state index is 0.0947. The number of aromatic amines is 1. The largest absolute Gasteiger partial charge is 0.497 e. The number of allylic oxidation sites excluding steroid dienone is 10. The molecule has 0 saturated carbocycles. The number of nitrogens with one attached hydrogen (secondary N) is 3. The number of rotatable bonds is 13. The average molecular weight is 883 g/mol. The highest BCUT2D eigenvalue weighted by Gasteiger charge is 2.43. The Morgan fingerprint density at radius 2 is 1.95 bits per heavy atom. The Morgan fingerprint density at radius 3 is 2.66 bits per heavy atom. The van der Waals surface area contributed by atoms with Gasteiger partial charge < -0.3 is 34.7 Å². The second kappa shape index (κ2) is 19.9. The summed E-state index contributed by atoms with van der Waals surface area (Å²) < 4.78 is 18.1. The molecule has 2 aromatic rings. The van der Waals surface area contributed by atoms with Crippen molar-refractivity contribution in [1.29, 1.82) is 0 Å². The van der Waals surface area contributed by atoms with Crippen molar-refractivity contribution in [3.63, 3.8) is 0 Å². The maximum absolute atomic E-state index is 13.9. The summed E-state index contributed by atoms with van der Waals surface area (Å²) in [5.41, 5.74) is 13.1. The molecule has 65 heavy (non-hydrogen) atoms. The van der Waals surface area contributed by atoms with E-state index in [2.05, 4.69) is 98.5 Å². The van der Waals surface area contributed by atoms with Crippen molar-refractivity contribution in [3.05, 3.63) is 118 Å². The number of benzene rings is 1. The lowest BCUT2D eigenvalue weighted by atomic mass is 9.75. The number of imidazole rings is 1. The third-order valence-corrected chi connectivity index (χ3v) is 14.9. The van der Waals surface area contributed by atoms with Gasteiger partial charge >= 0.3 is 6.09 Å². The number of fused-ring (bicyclic) bond motifs is 4. The van der Waals surface area contributed by atoms with Gasteiger partial charge in [0.15, 0.2) is 0 Å². The van der Waals surface area contributed by atoms with Crippen LogP contribution in [-0.4, -0.2) is 72.0 Å². The van der Waals surface area contributed by atoms with E-state index in [-0.39, 0.29) is 41.7 Å². The van der Waals surface area contributed by atoms with Gasteiger partial charge in [-0.25, -0.2) is 9.78 Å². The first kappa shape index (κ1) is 46.0. The normalized spacial score (nSPS) is 25.9. The molecule has 11 heteroatoms. The van der Waals surface area contributed by atoms with E-state index in [0.29, 0.717) is 12.5 Å². The first-order valence-electron chi connectivity index (χ1n) is 24.3. The number of nitrogens with zero attached hydrogens (tertiary/aromatic N) is 3. The maximum Gasteiger partial charge on any atom is 0.407 e. The average Bonchev–Trinajstić information content (AvgIpc) is 4.12. The van der Waals surface area contributed by atoms with Gasteiger partial charge in [0, 0.05) is 41.9 Å². The molecular weight excluding hydrogens is 813 g/mol. The van der Waals surface area contributed by atoms with E-state index < -0.39 is 12.1 Å². The highest BCUT2D eigenvalue weighted by atomic mass is 16.5. The van der Waals surface area contributed by atoms with E-state index in [9.17, 15) is 9.59 Å². The lowest BCUT2D eigenvalue weighted by Gasteiger charge is -2.36. The Kier molecular flexibility index (Phi) is 14.1. The number of aromatic nitrogens is 2. The van der Waals surface area contributed by atoms with Crippen molar-refractivity contribution in [3.8, 4) is 11.3 Å². The number of amides is 2. The Labute approximate surface area is 386 Å². The molecule has 3 aliphatic heterocycles. The molecule has 346 valence electrons. The van der Waals surface area contributed by atoms with E-state index in [4.69, 9.17) is 24.2 Å². The van der Waals surface area contributed by atoms with E-state index in [1.165, 1.54) is 46.4 Å². The zero-order valence-corrected chi connectivity index (χ0v) is 39.9. The molecule has 8 rings (SSSR count). The van der Waals surface area contributed by atoms with Gasteiger partial charge in [0.1, 0.15) is 29.5 Å². The quantitative estimate of drug-likeness (QED) is 0.171. The summed E-state index contributed by atoms with van der Waals surface area (Å²) in [6.45, 7) is 19.1. The molecular formula is C54H70N6O5. The fourth-order valence-corrected chi connectivity index (χ4v) is 11.1. The molecule has 7 atom stereocenters. The summed E-state index contributed by atoms with van der Waals surface area (Å²) in [7, 11) is 3.06. The zero-order chi connectivity index (χ0) is 45.9. The lowest BCUT2D eigenvalue weighted by molar-refractivity contribution is -0.135. The monoisotopic (exact) mass is 883 g/mol. The second-order valence-corrected chi connectivity index (χ2v) is 19.1. The van der Waals surface area contributed by atoms with Crippen LogP contribution in [0.1, 0.15) is 135 Å². The first-order chi connectivity index (χ1) is 31.5. The Balaban J connectivity index is 1.20. The summed E-state index contributed by atoms with van der Waals surface area (Å²) in [6.07, 6.45) is 21.4. The zero-order valence-electron chi connectivity index (χ0n) is 39.9. The fourth-order valence-electron chi connectivity index (χ4n) is 11.1. The van der Waals surface area contributed by atoms with Gasteiger partial charge in [0.25, 0.3) is 0 Å². The standard InChI is InChI=1S/C54H70N6O5/c1-10-32(6)50(45-18-14-24-55-45)57-44(12-3)35-21-23-40-43-29-41(51(65-48(40)28-35)36-16-13-17-37(26-36)63-8)33(7)39-22-20-34(27-42(39)38(43)11-2)46-30-56-52(58-46)47-19-15-25-60(47)53(61)49(31(4)5)59-54(62)64-9/h11,13,17,20,22,26-28,30-33,36,41,47,49,51,55H,2,10,12,14-16,18-19,21,23-25,29H2,1,3-9H3,(H,56,58)(H,59,62)/b50-45+,57-44?. The summed E-state index contributed by atoms with van der Waals surface area (Å²) in [5.74, 6) is 3.22. The molecule has 2 bridgehead atoms. The number of alkyl carbamates (subject to hydrolysis) is 1. The predicted molar refractivity (Wildman–Crippen MR) is 259 cm³/mol. The van der Waals surface area contributed by atoms with Crippen LogP contribution in [0, 0.1) is 23.7 Å². The van der Waals surface area contributed by atoms with E-state index in [0.717, 1.165) is 111 Å². The van der Waals surface area contributed by atoms with Gasteiger partial charge in [-0.05, 0) is 140 Å². The molecule has 6 aliphatic rings. The lowest BCUT2D eigenvalue weighted by Crippen LogP contribution is -2.51. The molecule has 1 aromatic carbocycles. The van der Waals surface area contributed by atoms with Crippen LogP contribution in [0.3, 0.4) is 0 Å². The highest BCUT2D eigenvalue weighted by Crippen LogP contribution is 2.52. The topological polar surface area (TPSA) is 130 Å². The molecule has 0 radical (unpaired) electrons. The van der Waals surface area contributed by atoms with Crippen molar-refractivity contribution >= 4 is 23.3 Å². The van der Waals surface area contributed by atoms with E-state index in [1.807, 2.05) is 24.9 Å². The number of aliphatic imine (C=N–C) groups is 1. The Morgan fingerprint density at radius 1 is 1.12 bits per heavy atom. The van der Waals surface area contributed by atoms with Crippen LogP contribution in [0.4, 0.5) is 4.79 Å². The van der Waals surface area contributed by atoms with E-state index >= 15 is 0 Å². The van der Waals surface area contributed by atoms with Gasteiger partial charge in [0.2, 0.25) is 5.91 Å². The van der Waals surface area contributed by atoms with Crippen LogP contribution in [0.2, 0.25) is 0 Å². The number of methoxy groups -OCH3 is 2. The smallest absolute Gasteiger partial charge is 0.407 e. The summed E-state index contributed by atoms with van der Waals surface area (Å²) in [4.78, 5) is 42.0. The molecule has 1 aromatic heterocycles. The summed E-state index contributed by atoms with van der Waals surface area (Å²) in [6, 6.07) is 5.89. The number of carbonyl (C=O) groups is 2. The molecule has 3 aliphatic carbocycles. The van der Waals surface area contributed by atoms with Gasteiger partial charge in [0.05, 0.1) is 37.8 Å². The van der Waals surface area contributed by atoms with Gasteiger partial charge in [-0.15, -0.1) is 0 Å². The van der Waals surface area contributed by atoms with E-state index in [1.54, 1.807) is 7.11 Å². The Bertz CT molecular complexity index is 2380. The van der Waals surface area contributed by atoms with Crippen LogP contribution >= 0.6 is 0 Å². The number of hydrogen-bond donors (Lipinski definition) is 3. The number of hydrogen-bond acceptors (Lipinski definition) is 8. The van der Waals surface area contributed by atoms with Gasteiger partial charge in [-0.2, -0.15) is 0 Å². The predicted octanol–water partition coefficient (Wildman–Crippen LogP) is 11.2. The third kappa shape index (κ3) is 9.17. The van der Waals surface area contributed by atoms with Crippen LogP contribution in [0.5, 0.6) is 0 Å². The SMILES string of the molecule is C=CC1=C2CC(C(C)c3ccc(-c4cnc(C5CCCN5C(=O)C(NC(=O)OC)C(C)C)[nH]4)cc31)C(C1C=C(OC)C=CC1)OC1=C2CCC(C(CC)=N/C(=C2\CCCN2)C(C)CC)=C1. The van der Waals surface area contributed by atoms with Gasteiger partial charge in [-0.3, -0.25) is 9.79 Å².